The number of hydrogen-bond donors (Lipinski definition) is 2. The second-order valence-electron chi connectivity index (χ2n) is 8.78. The van der Waals surface area contributed by atoms with Gasteiger partial charge in [0.2, 0.25) is 0 Å². The lowest BCUT2D eigenvalue weighted by Gasteiger charge is -2.24. The topological polar surface area (TPSA) is 116 Å². The van der Waals surface area contributed by atoms with E-state index in [2.05, 4.69) is 9.55 Å². The van der Waals surface area contributed by atoms with Crippen LogP contribution < -0.4 is 10.5 Å². The minimum absolute atomic E-state index is 0.0141. The maximum atomic E-state index is 11.8. The lowest BCUT2D eigenvalue weighted by molar-refractivity contribution is -0.000923. The Kier molecular flexibility index (Phi) is 6.96. The molecule has 1 aliphatic heterocycles. The second-order valence-corrected chi connectivity index (χ2v) is 10.0. The number of hydroxylamine groups is 1. The molecule has 1 unspecified atom stereocenters. The molecule has 10 heteroatoms. The van der Waals surface area contributed by atoms with Crippen LogP contribution in [0.25, 0.3) is 21.9 Å². The normalized spacial score (nSPS) is 15.7. The second kappa shape index (κ2) is 10.3. The average molecular weight is 496 g/mol. The Morgan fingerprint density at radius 2 is 1.97 bits per heavy atom. The third kappa shape index (κ3) is 5.15. The molecule has 184 valence electrons. The molecule has 1 fully saturated rings. The molecule has 2 aromatic heterocycles. The van der Waals surface area contributed by atoms with E-state index in [-0.39, 0.29) is 6.54 Å². The molecule has 1 aliphatic rings. The molecule has 3 heterocycles. The van der Waals surface area contributed by atoms with Crippen molar-refractivity contribution in [3.63, 3.8) is 0 Å². The summed E-state index contributed by atoms with van der Waals surface area (Å²) in [6.45, 7) is 2.62. The zero-order chi connectivity index (χ0) is 24.4. The lowest BCUT2D eigenvalue weighted by Crippen LogP contribution is -2.25. The van der Waals surface area contributed by atoms with Gasteiger partial charge in [-0.25, -0.2) is 14.2 Å². The minimum atomic E-state index is -1.55. The molecule has 0 spiro atoms. The molecule has 1 atom stereocenters. The molecule has 9 nitrogen and oxygen atoms in total. The van der Waals surface area contributed by atoms with Gasteiger partial charge in [-0.15, -0.1) is 4.47 Å². The van der Waals surface area contributed by atoms with Crippen molar-refractivity contribution in [3.05, 3.63) is 59.9 Å². The summed E-state index contributed by atoms with van der Waals surface area (Å²) < 4.78 is 26.2. The maximum absolute atomic E-state index is 11.8. The summed E-state index contributed by atoms with van der Waals surface area (Å²) in [5, 5.41) is 11.1. The highest BCUT2D eigenvalue weighted by molar-refractivity contribution is 7.81. The quantitative estimate of drug-likeness (QED) is 0.358. The van der Waals surface area contributed by atoms with Gasteiger partial charge in [0.05, 0.1) is 17.6 Å². The summed E-state index contributed by atoms with van der Waals surface area (Å²) in [5.74, 6) is 2.00. The van der Waals surface area contributed by atoms with Crippen molar-refractivity contribution in [2.24, 2.45) is 5.92 Å². The van der Waals surface area contributed by atoms with Crippen LogP contribution in [-0.2, 0) is 35.4 Å². The van der Waals surface area contributed by atoms with Gasteiger partial charge in [-0.3, -0.25) is 0 Å². The molecular weight excluding hydrogens is 466 g/mol. The largest absolute Gasteiger partial charge is 0.489 e. The number of pyridine rings is 1. The summed E-state index contributed by atoms with van der Waals surface area (Å²) >= 11 is 0. The standard InChI is InChI=1S/C25H29N5O4S/c1-35(32)30(31)15-22-28-23-24(29(22)14-17-9-11-33-12-10-17)20-8-7-19(13-21(20)27-25(23)26)34-16-18-5-3-2-4-6-18/h2-8,13,17,31H,9-12,14-16H2,1H3,(H2,26,27). The zero-order valence-electron chi connectivity index (χ0n) is 19.6. The SMILES string of the molecule is CS(=O)N(O)Cc1nc2c(N)nc3cc(OCc4ccccc4)ccc3c2n1CC1CCOCC1. The van der Waals surface area contributed by atoms with Crippen molar-refractivity contribution < 1.29 is 18.9 Å². The van der Waals surface area contributed by atoms with Crippen LogP contribution in [-0.4, -0.2) is 47.9 Å². The van der Waals surface area contributed by atoms with E-state index in [1.165, 1.54) is 6.26 Å². The highest BCUT2D eigenvalue weighted by Crippen LogP contribution is 2.33. The van der Waals surface area contributed by atoms with E-state index in [1.807, 2.05) is 48.5 Å². The van der Waals surface area contributed by atoms with Gasteiger partial charge in [-0.2, -0.15) is 0 Å². The van der Waals surface area contributed by atoms with E-state index in [1.54, 1.807) is 0 Å². The Morgan fingerprint density at radius 1 is 1.20 bits per heavy atom. The summed E-state index contributed by atoms with van der Waals surface area (Å²) in [5.41, 5.74) is 9.58. The third-order valence-corrected chi connectivity index (χ3v) is 7.08. The van der Waals surface area contributed by atoms with Crippen molar-refractivity contribution in [1.29, 1.82) is 0 Å². The van der Waals surface area contributed by atoms with Crippen LogP contribution >= 0.6 is 0 Å². The Balaban J connectivity index is 1.56. The van der Waals surface area contributed by atoms with Gasteiger partial charge in [0.1, 0.15) is 34.7 Å². The van der Waals surface area contributed by atoms with Crippen LogP contribution in [0, 0.1) is 5.92 Å². The fraction of sp³-hybridized carbons (Fsp3) is 0.360. The van der Waals surface area contributed by atoms with Crippen molar-refractivity contribution in [2.75, 3.05) is 25.2 Å². The van der Waals surface area contributed by atoms with Crippen LogP contribution in [0.3, 0.4) is 0 Å². The van der Waals surface area contributed by atoms with E-state index in [0.717, 1.165) is 47.0 Å². The van der Waals surface area contributed by atoms with Gasteiger partial charge in [-0.1, -0.05) is 30.3 Å². The Hall–Kier alpha value is -3.05. The number of aromatic nitrogens is 3. The summed E-state index contributed by atoms with van der Waals surface area (Å²) in [7, 11) is -1.55. The number of nitrogen functional groups attached to an aromatic ring is 1. The van der Waals surface area contributed by atoms with Gasteiger partial charge >= 0.3 is 0 Å². The van der Waals surface area contributed by atoms with Gasteiger partial charge in [-0.05, 0) is 36.5 Å². The highest BCUT2D eigenvalue weighted by Gasteiger charge is 2.23. The number of benzene rings is 2. The van der Waals surface area contributed by atoms with E-state index >= 15 is 0 Å². The molecule has 0 aliphatic carbocycles. The number of fused-ring (bicyclic) bond motifs is 3. The van der Waals surface area contributed by atoms with Gasteiger partial charge in [0, 0.05) is 37.5 Å². The van der Waals surface area contributed by atoms with Crippen molar-refractivity contribution in [3.8, 4) is 5.75 Å². The maximum Gasteiger partial charge on any atom is 0.152 e. The molecule has 5 rings (SSSR count). The fourth-order valence-corrected chi connectivity index (χ4v) is 4.78. The van der Waals surface area contributed by atoms with Gasteiger partial charge in [0.15, 0.2) is 5.82 Å². The number of hydrogen-bond acceptors (Lipinski definition) is 7. The monoisotopic (exact) mass is 495 g/mol. The van der Waals surface area contributed by atoms with Crippen molar-refractivity contribution >= 4 is 38.7 Å². The molecule has 0 radical (unpaired) electrons. The molecule has 3 N–H and O–H groups in total. The molecule has 2 aromatic carbocycles. The van der Waals surface area contributed by atoms with Crippen molar-refractivity contribution in [1.82, 2.24) is 19.0 Å². The summed E-state index contributed by atoms with van der Waals surface area (Å²) in [6.07, 6.45) is 3.31. The van der Waals surface area contributed by atoms with Crippen LogP contribution in [0.1, 0.15) is 24.2 Å². The number of nitrogens with two attached hydrogens (primary N) is 1. The molecule has 1 saturated heterocycles. The smallest absolute Gasteiger partial charge is 0.152 e. The van der Waals surface area contributed by atoms with E-state index in [0.29, 0.717) is 47.5 Å². The Labute approximate surface area is 206 Å². The van der Waals surface area contributed by atoms with Crippen LogP contribution in [0.2, 0.25) is 0 Å². The first kappa shape index (κ1) is 23.7. The fourth-order valence-electron chi connectivity index (χ4n) is 4.48. The number of imidazole rings is 1. The van der Waals surface area contributed by atoms with Crippen molar-refractivity contribution in [2.45, 2.75) is 32.5 Å². The number of rotatable bonds is 8. The first-order chi connectivity index (χ1) is 17.0. The molecule has 0 saturated carbocycles. The summed E-state index contributed by atoms with van der Waals surface area (Å²) in [6, 6.07) is 15.8. The zero-order valence-corrected chi connectivity index (χ0v) is 20.4. The number of ether oxygens (including phenoxy) is 2. The average Bonchev–Trinajstić information content (AvgIpc) is 3.22. The molecule has 0 amide bonds. The lowest BCUT2D eigenvalue weighted by atomic mass is 10.00. The molecule has 35 heavy (non-hydrogen) atoms. The minimum Gasteiger partial charge on any atom is -0.489 e. The van der Waals surface area contributed by atoms with Crippen LogP contribution in [0.5, 0.6) is 5.75 Å². The highest BCUT2D eigenvalue weighted by atomic mass is 32.2. The summed E-state index contributed by atoms with van der Waals surface area (Å²) in [4.78, 5) is 9.33. The van der Waals surface area contributed by atoms with Crippen LogP contribution in [0.15, 0.2) is 48.5 Å². The number of anilines is 1. The Morgan fingerprint density at radius 3 is 2.71 bits per heavy atom. The first-order valence-corrected chi connectivity index (χ1v) is 13.1. The predicted octanol–water partition coefficient (Wildman–Crippen LogP) is 3.66. The Bertz CT molecular complexity index is 1350. The third-order valence-electron chi connectivity index (χ3n) is 6.36. The molecule has 4 aromatic rings. The molecular formula is C25H29N5O4S. The first-order valence-electron chi connectivity index (χ1n) is 11.6. The molecule has 0 bridgehead atoms. The van der Waals surface area contributed by atoms with E-state index in [4.69, 9.17) is 20.2 Å². The van der Waals surface area contributed by atoms with Gasteiger partial charge < -0.3 is 25.0 Å². The predicted molar refractivity (Wildman–Crippen MR) is 135 cm³/mol. The van der Waals surface area contributed by atoms with E-state index < -0.39 is 11.0 Å². The van der Waals surface area contributed by atoms with Crippen LogP contribution in [0.4, 0.5) is 5.82 Å². The van der Waals surface area contributed by atoms with Gasteiger partial charge in [0.25, 0.3) is 0 Å². The van der Waals surface area contributed by atoms with E-state index in [9.17, 15) is 9.42 Å². The number of nitrogens with zero attached hydrogens (tertiary/aromatic N) is 4.